The van der Waals surface area contributed by atoms with Crippen molar-refractivity contribution in [3.8, 4) is 11.5 Å². The van der Waals surface area contributed by atoms with Crippen LogP contribution in [0, 0.1) is 5.92 Å². The summed E-state index contributed by atoms with van der Waals surface area (Å²) >= 11 is 0. The first-order valence-electron chi connectivity index (χ1n) is 7.76. The molecule has 0 aliphatic heterocycles. The van der Waals surface area contributed by atoms with Crippen LogP contribution in [-0.4, -0.2) is 38.3 Å². The van der Waals surface area contributed by atoms with Gasteiger partial charge in [0.1, 0.15) is 11.5 Å². The van der Waals surface area contributed by atoms with E-state index in [0.717, 1.165) is 36.1 Å². The van der Waals surface area contributed by atoms with Crippen LogP contribution in [0.4, 0.5) is 0 Å². The molecule has 1 saturated carbocycles. The Morgan fingerprint density at radius 3 is 2.48 bits per heavy atom. The first-order chi connectivity index (χ1) is 10.0. The molecular formula is C17H28N2O2. The van der Waals surface area contributed by atoms with Crippen LogP contribution in [-0.2, 0) is 0 Å². The number of nitrogens with two attached hydrogens (primary N) is 1. The molecule has 118 valence electrons. The fourth-order valence-corrected chi connectivity index (χ4v) is 2.60. The largest absolute Gasteiger partial charge is 0.497 e. The van der Waals surface area contributed by atoms with E-state index < -0.39 is 0 Å². The highest BCUT2D eigenvalue weighted by atomic mass is 16.5. The molecule has 1 aromatic rings. The predicted molar refractivity (Wildman–Crippen MR) is 85.9 cm³/mol. The van der Waals surface area contributed by atoms with Crippen LogP contribution in [0.3, 0.4) is 0 Å². The van der Waals surface area contributed by atoms with Gasteiger partial charge in [-0.25, -0.2) is 0 Å². The zero-order chi connectivity index (χ0) is 15.4. The van der Waals surface area contributed by atoms with Gasteiger partial charge in [0.2, 0.25) is 0 Å². The Morgan fingerprint density at radius 1 is 1.24 bits per heavy atom. The van der Waals surface area contributed by atoms with Crippen molar-refractivity contribution in [2.75, 3.05) is 27.3 Å². The quantitative estimate of drug-likeness (QED) is 0.800. The molecule has 0 heterocycles. The van der Waals surface area contributed by atoms with Crippen LogP contribution in [0.25, 0.3) is 0 Å². The van der Waals surface area contributed by atoms with Crippen molar-refractivity contribution >= 4 is 0 Å². The van der Waals surface area contributed by atoms with Crippen molar-refractivity contribution in [2.24, 2.45) is 11.7 Å². The smallest absolute Gasteiger partial charge is 0.127 e. The molecule has 21 heavy (non-hydrogen) atoms. The zero-order valence-electron chi connectivity index (χ0n) is 13.6. The number of hydrogen-bond donors (Lipinski definition) is 1. The minimum atomic E-state index is -0.0491. The Labute approximate surface area is 128 Å². The van der Waals surface area contributed by atoms with Crippen molar-refractivity contribution in [1.29, 1.82) is 0 Å². The number of nitrogens with zero attached hydrogens (tertiary/aromatic N) is 1. The van der Waals surface area contributed by atoms with Gasteiger partial charge in [-0.1, -0.05) is 6.07 Å². The summed E-state index contributed by atoms with van der Waals surface area (Å²) in [5.74, 6) is 2.47. The van der Waals surface area contributed by atoms with E-state index in [0.29, 0.717) is 6.04 Å². The van der Waals surface area contributed by atoms with Gasteiger partial charge in [0, 0.05) is 36.8 Å². The second-order valence-corrected chi connectivity index (χ2v) is 6.21. The molecule has 2 N–H and O–H groups in total. The lowest BCUT2D eigenvalue weighted by Crippen LogP contribution is -2.38. The third kappa shape index (κ3) is 4.35. The van der Waals surface area contributed by atoms with Gasteiger partial charge < -0.3 is 15.2 Å². The van der Waals surface area contributed by atoms with Crippen LogP contribution >= 0.6 is 0 Å². The van der Waals surface area contributed by atoms with E-state index >= 15 is 0 Å². The van der Waals surface area contributed by atoms with Gasteiger partial charge in [-0.15, -0.1) is 0 Å². The average molecular weight is 292 g/mol. The molecule has 1 fully saturated rings. The van der Waals surface area contributed by atoms with Crippen LogP contribution in [0.15, 0.2) is 18.2 Å². The van der Waals surface area contributed by atoms with E-state index in [1.165, 1.54) is 12.8 Å². The van der Waals surface area contributed by atoms with Crippen molar-refractivity contribution in [3.05, 3.63) is 23.8 Å². The topological polar surface area (TPSA) is 47.7 Å². The number of methoxy groups -OCH3 is 2. The van der Waals surface area contributed by atoms with Crippen molar-refractivity contribution in [2.45, 2.75) is 38.8 Å². The van der Waals surface area contributed by atoms with E-state index in [4.69, 9.17) is 15.2 Å². The summed E-state index contributed by atoms with van der Waals surface area (Å²) < 4.78 is 10.7. The SMILES string of the molecule is COc1ccc(C(N)CN(CC2CC2)C(C)C)c(OC)c1. The molecule has 0 aromatic heterocycles. The Kier molecular flexibility index (Phi) is 5.48. The van der Waals surface area contributed by atoms with Gasteiger partial charge in [-0.2, -0.15) is 0 Å². The number of ether oxygens (including phenoxy) is 2. The van der Waals surface area contributed by atoms with Gasteiger partial charge in [0.05, 0.1) is 14.2 Å². The monoisotopic (exact) mass is 292 g/mol. The molecule has 1 atom stereocenters. The predicted octanol–water partition coefficient (Wildman–Crippen LogP) is 2.82. The summed E-state index contributed by atoms with van der Waals surface area (Å²) in [6.07, 6.45) is 2.73. The summed E-state index contributed by atoms with van der Waals surface area (Å²) in [6.45, 7) is 6.49. The summed E-state index contributed by atoms with van der Waals surface area (Å²) in [5, 5.41) is 0. The maximum Gasteiger partial charge on any atom is 0.127 e. The molecule has 2 rings (SSSR count). The average Bonchev–Trinajstić information content (AvgIpc) is 3.29. The van der Waals surface area contributed by atoms with Crippen LogP contribution in [0.2, 0.25) is 0 Å². The molecule has 1 aliphatic rings. The summed E-state index contributed by atoms with van der Waals surface area (Å²) in [4.78, 5) is 2.48. The molecular weight excluding hydrogens is 264 g/mol. The van der Waals surface area contributed by atoms with Gasteiger partial charge in [-0.05, 0) is 38.7 Å². The van der Waals surface area contributed by atoms with Crippen molar-refractivity contribution < 1.29 is 9.47 Å². The number of rotatable bonds is 8. The van der Waals surface area contributed by atoms with Crippen LogP contribution in [0.1, 0.15) is 38.3 Å². The Bertz CT molecular complexity index is 458. The molecule has 4 heteroatoms. The van der Waals surface area contributed by atoms with E-state index in [1.54, 1.807) is 14.2 Å². The first kappa shape index (κ1) is 16.1. The Balaban J connectivity index is 2.08. The molecule has 0 amide bonds. The summed E-state index contributed by atoms with van der Waals surface area (Å²) in [6, 6.07) is 6.32. The number of hydrogen-bond acceptors (Lipinski definition) is 4. The number of benzene rings is 1. The van der Waals surface area contributed by atoms with Crippen LogP contribution in [0.5, 0.6) is 11.5 Å². The minimum Gasteiger partial charge on any atom is -0.497 e. The fraction of sp³-hybridized carbons (Fsp3) is 0.647. The van der Waals surface area contributed by atoms with E-state index in [-0.39, 0.29) is 6.04 Å². The van der Waals surface area contributed by atoms with Crippen molar-refractivity contribution in [1.82, 2.24) is 4.90 Å². The summed E-state index contributed by atoms with van der Waals surface area (Å²) in [7, 11) is 3.33. The third-order valence-electron chi connectivity index (χ3n) is 4.19. The summed E-state index contributed by atoms with van der Waals surface area (Å²) in [5.41, 5.74) is 7.48. The van der Waals surface area contributed by atoms with E-state index in [1.807, 2.05) is 18.2 Å². The standard InChI is InChI=1S/C17H28N2O2/c1-12(2)19(10-13-5-6-13)11-16(18)15-8-7-14(20-3)9-17(15)21-4/h7-9,12-13,16H,5-6,10-11,18H2,1-4H3. The fourth-order valence-electron chi connectivity index (χ4n) is 2.60. The van der Waals surface area contributed by atoms with Gasteiger partial charge in [-0.3, -0.25) is 4.90 Å². The molecule has 0 radical (unpaired) electrons. The Hall–Kier alpha value is -1.26. The van der Waals surface area contributed by atoms with Gasteiger partial charge in [0.15, 0.2) is 0 Å². The maximum atomic E-state index is 6.44. The van der Waals surface area contributed by atoms with Crippen molar-refractivity contribution in [3.63, 3.8) is 0 Å². The molecule has 0 bridgehead atoms. The highest BCUT2D eigenvalue weighted by molar-refractivity contribution is 5.42. The molecule has 0 saturated heterocycles. The second-order valence-electron chi connectivity index (χ2n) is 6.21. The first-order valence-corrected chi connectivity index (χ1v) is 7.76. The maximum absolute atomic E-state index is 6.44. The molecule has 0 spiro atoms. The molecule has 1 aliphatic carbocycles. The lowest BCUT2D eigenvalue weighted by Gasteiger charge is -2.30. The lowest BCUT2D eigenvalue weighted by molar-refractivity contribution is 0.199. The zero-order valence-corrected chi connectivity index (χ0v) is 13.6. The molecule has 1 unspecified atom stereocenters. The van der Waals surface area contributed by atoms with E-state index in [9.17, 15) is 0 Å². The highest BCUT2D eigenvalue weighted by Gasteiger charge is 2.27. The van der Waals surface area contributed by atoms with Gasteiger partial charge in [0.25, 0.3) is 0 Å². The normalized spacial score (nSPS) is 16.3. The highest BCUT2D eigenvalue weighted by Crippen LogP contribution is 2.32. The van der Waals surface area contributed by atoms with Gasteiger partial charge >= 0.3 is 0 Å². The Morgan fingerprint density at radius 2 is 1.95 bits per heavy atom. The second kappa shape index (κ2) is 7.14. The van der Waals surface area contributed by atoms with Crippen LogP contribution < -0.4 is 15.2 Å². The molecule has 1 aromatic carbocycles. The minimum absolute atomic E-state index is 0.0491. The third-order valence-corrected chi connectivity index (χ3v) is 4.19. The lowest BCUT2D eigenvalue weighted by atomic mass is 10.0. The van der Waals surface area contributed by atoms with E-state index in [2.05, 4.69) is 18.7 Å². The molecule has 4 nitrogen and oxygen atoms in total.